The number of amides is 2. The van der Waals surface area contributed by atoms with Crippen molar-refractivity contribution < 1.29 is 4.79 Å². The third-order valence-electron chi connectivity index (χ3n) is 3.94. The molecule has 2 aliphatic rings. The number of rotatable bonds is 1. The zero-order valence-electron chi connectivity index (χ0n) is 10.1. The molecule has 2 unspecified atom stereocenters. The first-order valence-electron chi connectivity index (χ1n) is 6.36. The molecule has 1 aromatic rings. The topological polar surface area (TPSA) is 32.3 Å². The second-order valence-electron chi connectivity index (χ2n) is 5.28. The van der Waals surface area contributed by atoms with Crippen LogP contribution in [0.5, 0.6) is 0 Å². The molecule has 0 aromatic heterocycles. The number of benzene rings is 1. The summed E-state index contributed by atoms with van der Waals surface area (Å²) in [6.07, 6.45) is 3.70. The Balaban J connectivity index is 1.68. The van der Waals surface area contributed by atoms with Crippen LogP contribution in [-0.2, 0) is 0 Å². The molecule has 1 heterocycles. The van der Waals surface area contributed by atoms with Crippen molar-refractivity contribution in [2.24, 2.45) is 5.92 Å². The van der Waals surface area contributed by atoms with Crippen LogP contribution in [0.4, 0.5) is 10.5 Å². The summed E-state index contributed by atoms with van der Waals surface area (Å²) in [6.45, 7) is 2.98. The predicted molar refractivity (Wildman–Crippen MR) is 68.0 cm³/mol. The molecule has 2 fully saturated rings. The Morgan fingerprint density at radius 3 is 2.94 bits per heavy atom. The van der Waals surface area contributed by atoms with Gasteiger partial charge in [-0.1, -0.05) is 12.1 Å². The second kappa shape index (κ2) is 4.06. The largest absolute Gasteiger partial charge is 0.322 e. The van der Waals surface area contributed by atoms with E-state index in [4.69, 9.17) is 0 Å². The van der Waals surface area contributed by atoms with Crippen LogP contribution in [0.15, 0.2) is 24.3 Å². The van der Waals surface area contributed by atoms with Gasteiger partial charge in [-0.15, -0.1) is 0 Å². The first kappa shape index (κ1) is 10.6. The van der Waals surface area contributed by atoms with Crippen LogP contribution >= 0.6 is 0 Å². The molecule has 0 radical (unpaired) electrons. The third kappa shape index (κ3) is 2.02. The first-order valence-corrected chi connectivity index (χ1v) is 6.36. The van der Waals surface area contributed by atoms with Crippen molar-refractivity contribution >= 4 is 11.7 Å². The number of aryl methyl sites for hydroxylation is 1. The highest BCUT2D eigenvalue weighted by Gasteiger charge is 2.40. The van der Waals surface area contributed by atoms with Gasteiger partial charge in [-0.25, -0.2) is 4.79 Å². The predicted octanol–water partition coefficient (Wildman–Crippen LogP) is 3.01. The van der Waals surface area contributed by atoms with Gasteiger partial charge in [0.1, 0.15) is 0 Å². The molecule has 1 aliphatic carbocycles. The van der Waals surface area contributed by atoms with Gasteiger partial charge in [0.2, 0.25) is 0 Å². The maximum Gasteiger partial charge on any atom is 0.322 e. The molecule has 3 heteroatoms. The number of hydrogen-bond acceptors (Lipinski definition) is 1. The molecular weight excluding hydrogens is 212 g/mol. The maximum absolute atomic E-state index is 12.1. The molecule has 90 valence electrons. The number of fused-ring (bicyclic) bond motifs is 2. The number of anilines is 1. The molecule has 1 N–H and O–H groups in total. The summed E-state index contributed by atoms with van der Waals surface area (Å²) in [5.41, 5.74) is 2.07. The van der Waals surface area contributed by atoms with Crippen LogP contribution < -0.4 is 5.32 Å². The first-order chi connectivity index (χ1) is 8.22. The molecule has 3 nitrogen and oxygen atoms in total. The number of nitrogens with one attached hydrogen (secondary N) is 1. The van der Waals surface area contributed by atoms with Gasteiger partial charge in [0.25, 0.3) is 0 Å². The number of urea groups is 1. The summed E-state index contributed by atoms with van der Waals surface area (Å²) < 4.78 is 0. The molecule has 2 bridgehead atoms. The third-order valence-corrected chi connectivity index (χ3v) is 3.94. The summed E-state index contributed by atoms with van der Waals surface area (Å²) in [6, 6.07) is 8.52. The summed E-state index contributed by atoms with van der Waals surface area (Å²) in [5.74, 6) is 0.753. The highest BCUT2D eigenvalue weighted by molar-refractivity contribution is 5.89. The van der Waals surface area contributed by atoms with Crippen molar-refractivity contribution in [2.75, 3.05) is 11.9 Å². The highest BCUT2D eigenvalue weighted by atomic mass is 16.2. The Morgan fingerprint density at radius 1 is 1.41 bits per heavy atom. The number of piperidine rings is 1. The average molecular weight is 230 g/mol. The lowest BCUT2D eigenvalue weighted by Crippen LogP contribution is -2.40. The monoisotopic (exact) mass is 230 g/mol. The van der Waals surface area contributed by atoms with Crippen molar-refractivity contribution in [3.63, 3.8) is 0 Å². The number of carbonyl (C=O) groups excluding carboxylic acids is 1. The van der Waals surface area contributed by atoms with E-state index >= 15 is 0 Å². The number of carbonyl (C=O) groups is 1. The summed E-state index contributed by atoms with van der Waals surface area (Å²) in [5, 5.41) is 3.00. The molecule has 0 spiro atoms. The zero-order valence-corrected chi connectivity index (χ0v) is 10.1. The molecule has 2 atom stereocenters. The summed E-state index contributed by atoms with van der Waals surface area (Å²) >= 11 is 0. The maximum atomic E-state index is 12.1. The molecular formula is C14H18N2O. The minimum atomic E-state index is 0.0720. The normalized spacial score (nSPS) is 26.3. The van der Waals surface area contributed by atoms with Gasteiger partial charge in [0, 0.05) is 18.3 Å². The van der Waals surface area contributed by atoms with Crippen LogP contribution in [0.2, 0.25) is 0 Å². The molecule has 1 aliphatic heterocycles. The fourth-order valence-corrected chi connectivity index (χ4v) is 3.09. The van der Waals surface area contributed by atoms with Crippen molar-refractivity contribution in [2.45, 2.75) is 32.2 Å². The van der Waals surface area contributed by atoms with Gasteiger partial charge < -0.3 is 10.2 Å². The SMILES string of the molecule is Cc1cccc(NC(=O)N2CC3CCC2C3)c1. The molecule has 3 rings (SSSR count). The minimum absolute atomic E-state index is 0.0720. The van der Waals surface area contributed by atoms with E-state index < -0.39 is 0 Å². The van der Waals surface area contributed by atoms with Crippen LogP contribution in [0.3, 0.4) is 0 Å². The number of likely N-dealkylation sites (tertiary alicyclic amines) is 1. The second-order valence-corrected chi connectivity index (χ2v) is 5.28. The lowest BCUT2D eigenvalue weighted by molar-refractivity contribution is 0.194. The van der Waals surface area contributed by atoms with E-state index in [0.29, 0.717) is 6.04 Å². The Bertz CT molecular complexity index is 444. The van der Waals surface area contributed by atoms with E-state index in [2.05, 4.69) is 5.32 Å². The van der Waals surface area contributed by atoms with E-state index in [1.165, 1.54) is 24.8 Å². The van der Waals surface area contributed by atoms with Crippen LogP contribution in [-0.4, -0.2) is 23.5 Å². The molecule has 1 aromatic carbocycles. The van der Waals surface area contributed by atoms with Crippen LogP contribution in [0, 0.1) is 12.8 Å². The van der Waals surface area contributed by atoms with E-state index in [1.807, 2.05) is 36.1 Å². The standard InChI is InChI=1S/C14H18N2O/c1-10-3-2-4-12(7-10)15-14(17)16-9-11-5-6-13(16)8-11/h2-4,7,11,13H,5-6,8-9H2,1H3,(H,15,17). The van der Waals surface area contributed by atoms with E-state index in [9.17, 15) is 4.79 Å². The van der Waals surface area contributed by atoms with Crippen molar-refractivity contribution in [3.8, 4) is 0 Å². The van der Waals surface area contributed by atoms with Crippen LogP contribution in [0.25, 0.3) is 0 Å². The molecule has 1 saturated heterocycles. The Kier molecular flexibility index (Phi) is 2.54. The summed E-state index contributed by atoms with van der Waals surface area (Å²) in [7, 11) is 0. The average Bonchev–Trinajstić information content (AvgIpc) is 2.90. The van der Waals surface area contributed by atoms with Gasteiger partial charge in [-0.05, 0) is 49.8 Å². The molecule has 2 amide bonds. The van der Waals surface area contributed by atoms with Crippen LogP contribution in [0.1, 0.15) is 24.8 Å². The number of hydrogen-bond donors (Lipinski definition) is 1. The smallest absolute Gasteiger partial charge is 0.321 e. The quantitative estimate of drug-likeness (QED) is 0.790. The minimum Gasteiger partial charge on any atom is -0.321 e. The van der Waals surface area contributed by atoms with Crippen molar-refractivity contribution in [3.05, 3.63) is 29.8 Å². The van der Waals surface area contributed by atoms with Gasteiger partial charge in [-0.3, -0.25) is 0 Å². The van der Waals surface area contributed by atoms with Gasteiger partial charge in [0.05, 0.1) is 0 Å². The fourth-order valence-electron chi connectivity index (χ4n) is 3.09. The highest BCUT2D eigenvalue weighted by Crippen LogP contribution is 2.37. The van der Waals surface area contributed by atoms with Gasteiger partial charge >= 0.3 is 6.03 Å². The Labute approximate surface area is 102 Å². The van der Waals surface area contributed by atoms with E-state index in [1.54, 1.807) is 0 Å². The van der Waals surface area contributed by atoms with E-state index in [-0.39, 0.29) is 6.03 Å². The van der Waals surface area contributed by atoms with Crippen molar-refractivity contribution in [1.29, 1.82) is 0 Å². The van der Waals surface area contributed by atoms with Gasteiger partial charge in [-0.2, -0.15) is 0 Å². The lowest BCUT2D eigenvalue weighted by atomic mass is 10.1. The Morgan fingerprint density at radius 2 is 2.29 bits per heavy atom. The number of nitrogens with zero attached hydrogens (tertiary/aromatic N) is 1. The molecule has 17 heavy (non-hydrogen) atoms. The lowest BCUT2D eigenvalue weighted by Gasteiger charge is -2.27. The molecule has 1 saturated carbocycles. The van der Waals surface area contributed by atoms with Gasteiger partial charge in [0.15, 0.2) is 0 Å². The summed E-state index contributed by atoms with van der Waals surface area (Å²) in [4.78, 5) is 14.1. The zero-order chi connectivity index (χ0) is 11.8. The Hall–Kier alpha value is -1.51. The fraction of sp³-hybridized carbons (Fsp3) is 0.500. The van der Waals surface area contributed by atoms with Crippen molar-refractivity contribution in [1.82, 2.24) is 4.90 Å². The van der Waals surface area contributed by atoms with E-state index in [0.717, 1.165) is 18.2 Å².